The zero-order valence-corrected chi connectivity index (χ0v) is 9.80. The number of rotatable bonds is 4. The lowest BCUT2D eigenvalue weighted by molar-refractivity contribution is 0.960. The van der Waals surface area contributed by atoms with E-state index < -0.39 is 0 Å². The Balaban J connectivity index is 2.10. The average Bonchev–Trinajstić information content (AvgIpc) is 2.81. The first-order valence-corrected chi connectivity index (χ1v) is 6.46. The zero-order valence-electron chi connectivity index (χ0n) is 8.17. The summed E-state index contributed by atoms with van der Waals surface area (Å²) in [5, 5.41) is 2.44. The fourth-order valence-corrected chi connectivity index (χ4v) is 3.21. The third-order valence-corrected chi connectivity index (χ3v) is 4.41. The third-order valence-electron chi connectivity index (χ3n) is 2.00. The van der Waals surface area contributed by atoms with Gasteiger partial charge >= 0.3 is 0 Å². The van der Waals surface area contributed by atoms with Crippen molar-refractivity contribution >= 4 is 23.1 Å². The van der Waals surface area contributed by atoms with E-state index in [1.807, 2.05) is 24.5 Å². The molecule has 2 N–H and O–H groups in total. The molecular formula is C11H12N2S2. The van der Waals surface area contributed by atoms with Crippen molar-refractivity contribution < 1.29 is 0 Å². The Bertz CT molecular complexity index is 386. The second-order valence-corrected chi connectivity index (χ2v) is 5.30. The number of pyridine rings is 1. The van der Waals surface area contributed by atoms with Gasteiger partial charge in [0, 0.05) is 28.7 Å². The molecule has 0 spiro atoms. The second-order valence-electron chi connectivity index (χ2n) is 3.04. The Morgan fingerprint density at radius 3 is 2.73 bits per heavy atom. The molecule has 0 fully saturated rings. The van der Waals surface area contributed by atoms with Crippen molar-refractivity contribution in [2.75, 3.05) is 6.54 Å². The van der Waals surface area contributed by atoms with Gasteiger partial charge in [0.2, 0.25) is 0 Å². The van der Waals surface area contributed by atoms with Gasteiger partial charge in [0.25, 0.3) is 0 Å². The van der Waals surface area contributed by atoms with Crippen molar-refractivity contribution in [2.45, 2.75) is 10.1 Å². The first-order valence-electron chi connectivity index (χ1n) is 4.70. The molecule has 2 heterocycles. The van der Waals surface area contributed by atoms with Crippen LogP contribution in [-0.4, -0.2) is 11.5 Å². The zero-order chi connectivity index (χ0) is 10.5. The van der Waals surface area contributed by atoms with Crippen LogP contribution in [0.4, 0.5) is 0 Å². The predicted molar refractivity (Wildman–Crippen MR) is 66.2 cm³/mol. The van der Waals surface area contributed by atoms with Gasteiger partial charge in [-0.15, -0.1) is 23.1 Å². The Labute approximate surface area is 97.5 Å². The van der Waals surface area contributed by atoms with Crippen molar-refractivity contribution in [3.8, 4) is 0 Å². The van der Waals surface area contributed by atoms with Crippen LogP contribution in [0.15, 0.2) is 46.9 Å². The normalized spacial score (nSPS) is 12.6. The number of aromatic nitrogens is 1. The van der Waals surface area contributed by atoms with Gasteiger partial charge in [0.15, 0.2) is 0 Å². The highest BCUT2D eigenvalue weighted by molar-refractivity contribution is 7.99. The lowest BCUT2D eigenvalue weighted by Gasteiger charge is -2.11. The van der Waals surface area contributed by atoms with E-state index in [-0.39, 0.29) is 0 Å². The Morgan fingerprint density at radius 2 is 2.13 bits per heavy atom. The molecule has 0 bridgehead atoms. The Morgan fingerprint density at radius 1 is 1.33 bits per heavy atom. The highest BCUT2D eigenvalue weighted by Gasteiger charge is 2.11. The summed E-state index contributed by atoms with van der Waals surface area (Å²) >= 11 is 3.55. The summed E-state index contributed by atoms with van der Waals surface area (Å²) in [4.78, 5) is 6.55. The van der Waals surface area contributed by atoms with Crippen LogP contribution < -0.4 is 5.73 Å². The summed E-state index contributed by atoms with van der Waals surface area (Å²) in [6.45, 7) is 0.660. The standard InChI is InChI=1S/C11H12N2S2/c12-8-11(10-2-1-7-14-10)15-9-3-5-13-6-4-9/h1-7,11H,8,12H2. The maximum Gasteiger partial charge on any atom is 0.0560 e. The maximum absolute atomic E-state index is 5.78. The van der Waals surface area contributed by atoms with E-state index in [0.717, 1.165) is 0 Å². The molecule has 4 heteroatoms. The van der Waals surface area contributed by atoms with E-state index in [2.05, 4.69) is 22.5 Å². The molecule has 1 unspecified atom stereocenters. The van der Waals surface area contributed by atoms with Gasteiger partial charge in [-0.2, -0.15) is 0 Å². The van der Waals surface area contributed by atoms with Crippen LogP contribution in [0.2, 0.25) is 0 Å². The first-order chi connectivity index (χ1) is 7.40. The summed E-state index contributed by atoms with van der Waals surface area (Å²) < 4.78 is 0. The molecular weight excluding hydrogens is 224 g/mol. The van der Waals surface area contributed by atoms with Gasteiger partial charge < -0.3 is 5.73 Å². The summed E-state index contributed by atoms with van der Waals surface area (Å²) in [7, 11) is 0. The lowest BCUT2D eigenvalue weighted by atomic mass is 10.3. The topological polar surface area (TPSA) is 38.9 Å². The number of hydrogen-bond donors (Lipinski definition) is 1. The summed E-state index contributed by atoms with van der Waals surface area (Å²) in [6.07, 6.45) is 3.62. The molecule has 0 aliphatic heterocycles. The van der Waals surface area contributed by atoms with E-state index in [1.54, 1.807) is 23.1 Å². The van der Waals surface area contributed by atoms with Gasteiger partial charge in [0.05, 0.1) is 5.25 Å². The van der Waals surface area contributed by atoms with Crippen LogP contribution in [0.5, 0.6) is 0 Å². The molecule has 78 valence electrons. The number of nitrogens with zero attached hydrogens (tertiary/aromatic N) is 1. The summed E-state index contributed by atoms with van der Waals surface area (Å²) in [6, 6.07) is 8.23. The quantitative estimate of drug-likeness (QED) is 0.830. The smallest absolute Gasteiger partial charge is 0.0560 e. The van der Waals surface area contributed by atoms with Crippen LogP contribution >= 0.6 is 23.1 Å². The van der Waals surface area contributed by atoms with E-state index in [0.29, 0.717) is 11.8 Å². The average molecular weight is 236 g/mol. The predicted octanol–water partition coefficient (Wildman–Crippen LogP) is 2.94. The van der Waals surface area contributed by atoms with E-state index in [4.69, 9.17) is 5.73 Å². The van der Waals surface area contributed by atoms with E-state index in [9.17, 15) is 0 Å². The summed E-state index contributed by atoms with van der Waals surface area (Å²) in [5.41, 5.74) is 5.78. The number of thioether (sulfide) groups is 1. The minimum absolute atomic E-state index is 0.354. The van der Waals surface area contributed by atoms with Crippen molar-refractivity contribution in [3.05, 3.63) is 46.9 Å². The van der Waals surface area contributed by atoms with Crippen molar-refractivity contribution in [3.63, 3.8) is 0 Å². The molecule has 0 radical (unpaired) electrons. The van der Waals surface area contributed by atoms with Crippen molar-refractivity contribution in [2.24, 2.45) is 5.73 Å². The van der Waals surface area contributed by atoms with E-state index >= 15 is 0 Å². The molecule has 0 aliphatic rings. The SMILES string of the molecule is NCC(Sc1ccncc1)c1cccs1. The van der Waals surface area contributed by atoms with Crippen LogP contribution in [0.3, 0.4) is 0 Å². The van der Waals surface area contributed by atoms with Gasteiger partial charge in [0.1, 0.15) is 0 Å². The summed E-state index contributed by atoms with van der Waals surface area (Å²) in [5.74, 6) is 0. The fraction of sp³-hybridized carbons (Fsp3) is 0.182. The molecule has 0 saturated carbocycles. The largest absolute Gasteiger partial charge is 0.329 e. The van der Waals surface area contributed by atoms with Crippen molar-refractivity contribution in [1.82, 2.24) is 4.98 Å². The molecule has 1 atom stereocenters. The highest BCUT2D eigenvalue weighted by atomic mass is 32.2. The molecule has 2 aromatic rings. The lowest BCUT2D eigenvalue weighted by Crippen LogP contribution is -2.07. The third kappa shape index (κ3) is 2.81. The maximum atomic E-state index is 5.78. The number of nitrogens with two attached hydrogens (primary N) is 1. The molecule has 15 heavy (non-hydrogen) atoms. The van der Waals surface area contributed by atoms with Crippen LogP contribution in [0.1, 0.15) is 10.1 Å². The first kappa shape index (κ1) is 10.7. The molecule has 2 nitrogen and oxygen atoms in total. The molecule has 0 aromatic carbocycles. The Hall–Kier alpha value is -0.840. The number of hydrogen-bond acceptors (Lipinski definition) is 4. The van der Waals surface area contributed by atoms with Gasteiger partial charge in [-0.05, 0) is 23.6 Å². The fourth-order valence-electron chi connectivity index (χ4n) is 1.28. The monoisotopic (exact) mass is 236 g/mol. The van der Waals surface area contributed by atoms with Crippen LogP contribution in [0.25, 0.3) is 0 Å². The molecule has 0 aliphatic carbocycles. The van der Waals surface area contributed by atoms with Gasteiger partial charge in [-0.1, -0.05) is 6.07 Å². The van der Waals surface area contributed by atoms with Crippen LogP contribution in [0, 0.1) is 0 Å². The minimum Gasteiger partial charge on any atom is -0.329 e. The second kappa shape index (κ2) is 5.30. The Kier molecular flexibility index (Phi) is 3.77. The molecule has 0 saturated heterocycles. The number of thiophene rings is 1. The molecule has 0 amide bonds. The van der Waals surface area contributed by atoms with Crippen LogP contribution in [-0.2, 0) is 0 Å². The van der Waals surface area contributed by atoms with E-state index in [1.165, 1.54) is 9.77 Å². The van der Waals surface area contributed by atoms with Gasteiger partial charge in [-0.3, -0.25) is 4.98 Å². The molecule has 2 rings (SSSR count). The van der Waals surface area contributed by atoms with Crippen molar-refractivity contribution in [1.29, 1.82) is 0 Å². The molecule has 2 aromatic heterocycles. The highest BCUT2D eigenvalue weighted by Crippen LogP contribution is 2.35. The minimum atomic E-state index is 0.354. The van der Waals surface area contributed by atoms with Gasteiger partial charge in [-0.25, -0.2) is 0 Å².